The summed E-state index contributed by atoms with van der Waals surface area (Å²) in [6, 6.07) is 46.8. The van der Waals surface area contributed by atoms with Crippen LogP contribution in [0, 0.1) is 6.92 Å². The third-order valence-electron chi connectivity index (χ3n) is 8.37. The molecule has 0 radical (unpaired) electrons. The first kappa shape index (κ1) is 22.0. The van der Waals surface area contributed by atoms with E-state index in [0.29, 0.717) is 0 Å². The number of hydrogen-bond acceptors (Lipinski definition) is 1. The Bertz CT molecular complexity index is 2450. The van der Waals surface area contributed by atoms with Gasteiger partial charge in [0.15, 0.2) is 0 Å². The van der Waals surface area contributed by atoms with Gasteiger partial charge in [0.2, 0.25) is 0 Å². The van der Waals surface area contributed by atoms with Crippen molar-refractivity contribution in [3.63, 3.8) is 0 Å². The highest BCUT2D eigenvalue weighted by Gasteiger charge is 2.18. The quantitative estimate of drug-likeness (QED) is 0.211. The maximum absolute atomic E-state index is 2.46. The molecule has 0 saturated heterocycles. The van der Waals surface area contributed by atoms with Gasteiger partial charge in [-0.2, -0.15) is 0 Å². The maximum atomic E-state index is 2.46. The fourth-order valence-corrected chi connectivity index (χ4v) is 7.83. The molecule has 0 N–H and O–H groups in total. The predicted octanol–water partition coefficient (Wildman–Crippen LogP) is 10.6. The summed E-state index contributed by atoms with van der Waals surface area (Å²) in [6.45, 7) is 2.17. The Morgan fingerprint density at radius 1 is 0.450 bits per heavy atom. The summed E-state index contributed by atoms with van der Waals surface area (Å²) in [4.78, 5) is 0. The molecule has 3 heterocycles. The van der Waals surface area contributed by atoms with Gasteiger partial charge < -0.3 is 9.13 Å². The van der Waals surface area contributed by atoms with E-state index in [2.05, 4.69) is 143 Å². The van der Waals surface area contributed by atoms with Crippen molar-refractivity contribution in [1.29, 1.82) is 0 Å². The molecule has 0 saturated carbocycles. The van der Waals surface area contributed by atoms with Crippen molar-refractivity contribution in [3.05, 3.63) is 133 Å². The van der Waals surface area contributed by atoms with Crippen LogP contribution in [0.15, 0.2) is 127 Å². The maximum Gasteiger partial charge on any atom is 0.0640 e. The Morgan fingerprint density at radius 2 is 1.10 bits per heavy atom. The second kappa shape index (κ2) is 8.08. The van der Waals surface area contributed by atoms with E-state index in [1.807, 2.05) is 11.3 Å². The van der Waals surface area contributed by atoms with Gasteiger partial charge in [-0.05, 0) is 61.0 Å². The molecule has 0 atom stereocenters. The minimum Gasteiger partial charge on any atom is -0.309 e. The molecule has 9 rings (SSSR count). The first-order valence-electron chi connectivity index (χ1n) is 13.7. The Morgan fingerprint density at radius 3 is 1.95 bits per heavy atom. The minimum absolute atomic E-state index is 1.19. The third-order valence-corrected chi connectivity index (χ3v) is 9.58. The van der Waals surface area contributed by atoms with Crippen molar-refractivity contribution in [2.24, 2.45) is 0 Å². The average Bonchev–Trinajstić information content (AvgIpc) is 3.64. The van der Waals surface area contributed by atoms with Gasteiger partial charge >= 0.3 is 0 Å². The van der Waals surface area contributed by atoms with E-state index in [1.165, 1.54) is 80.7 Å². The fraction of sp³-hybridized carbons (Fsp3) is 0.0270. The lowest BCUT2D eigenvalue weighted by Gasteiger charge is -2.11. The molecule has 0 fully saturated rings. The highest BCUT2D eigenvalue weighted by atomic mass is 32.1. The Balaban J connectivity index is 1.38. The summed E-state index contributed by atoms with van der Waals surface area (Å²) in [5, 5.41) is 7.77. The summed E-state index contributed by atoms with van der Waals surface area (Å²) in [5.74, 6) is 0. The smallest absolute Gasteiger partial charge is 0.0640 e. The van der Waals surface area contributed by atoms with Gasteiger partial charge in [0.1, 0.15) is 0 Å². The van der Waals surface area contributed by atoms with Crippen LogP contribution in [0.3, 0.4) is 0 Å². The topological polar surface area (TPSA) is 9.86 Å². The zero-order valence-corrected chi connectivity index (χ0v) is 22.7. The number of fused-ring (bicyclic) bond motifs is 9. The molecule has 40 heavy (non-hydrogen) atoms. The fourth-order valence-electron chi connectivity index (χ4n) is 6.63. The number of hydrogen-bond donors (Lipinski definition) is 0. The summed E-state index contributed by atoms with van der Waals surface area (Å²) in [6.07, 6.45) is 0. The monoisotopic (exact) mass is 528 g/mol. The second-order valence-electron chi connectivity index (χ2n) is 10.7. The molecule has 0 spiro atoms. The molecular formula is C37H24N2S. The lowest BCUT2D eigenvalue weighted by atomic mass is 10.1. The van der Waals surface area contributed by atoms with Crippen molar-refractivity contribution < 1.29 is 0 Å². The minimum atomic E-state index is 1.19. The van der Waals surface area contributed by atoms with E-state index in [0.717, 1.165) is 0 Å². The van der Waals surface area contributed by atoms with E-state index in [1.54, 1.807) is 0 Å². The first-order chi connectivity index (χ1) is 19.8. The molecule has 0 aliphatic rings. The normalized spacial score (nSPS) is 12.1. The lowest BCUT2D eigenvalue weighted by molar-refractivity contribution is 1.17. The lowest BCUT2D eigenvalue weighted by Crippen LogP contribution is -1.96. The van der Waals surface area contributed by atoms with Gasteiger partial charge in [-0.25, -0.2) is 0 Å². The molecule has 0 unspecified atom stereocenters. The van der Waals surface area contributed by atoms with Crippen LogP contribution in [0.1, 0.15) is 5.56 Å². The largest absolute Gasteiger partial charge is 0.309 e. The number of aryl methyl sites for hydroxylation is 1. The Labute approximate surface area is 234 Å². The van der Waals surface area contributed by atoms with Gasteiger partial charge in [0.05, 0.1) is 32.5 Å². The number of para-hydroxylation sites is 2. The number of aromatic nitrogens is 2. The van der Waals surface area contributed by atoms with E-state index < -0.39 is 0 Å². The van der Waals surface area contributed by atoms with Crippen molar-refractivity contribution in [2.75, 3.05) is 0 Å². The van der Waals surface area contributed by atoms with Crippen LogP contribution in [0.5, 0.6) is 0 Å². The molecule has 188 valence electrons. The van der Waals surface area contributed by atoms with Gasteiger partial charge in [-0.1, -0.05) is 78.9 Å². The van der Waals surface area contributed by atoms with Crippen molar-refractivity contribution in [3.8, 4) is 11.4 Å². The molecule has 2 nitrogen and oxygen atoms in total. The molecule has 0 amide bonds. The van der Waals surface area contributed by atoms with Crippen molar-refractivity contribution >= 4 is 75.1 Å². The molecule has 9 aromatic rings. The number of thiophene rings is 1. The van der Waals surface area contributed by atoms with Crippen LogP contribution in [-0.2, 0) is 0 Å². The van der Waals surface area contributed by atoms with Crippen LogP contribution in [0.4, 0.5) is 0 Å². The molecule has 3 aromatic heterocycles. The van der Waals surface area contributed by atoms with E-state index in [4.69, 9.17) is 0 Å². The SMILES string of the molecule is Cc1ccc2c3ccccc3n(-c3ccc4c(c3)c3ccccc3n4-c3cccc4c3sc3ccccc34)c2c1. The van der Waals surface area contributed by atoms with E-state index in [9.17, 15) is 0 Å². The zero-order chi connectivity index (χ0) is 26.4. The molecule has 0 aliphatic carbocycles. The highest BCUT2D eigenvalue weighted by Crippen LogP contribution is 2.41. The van der Waals surface area contributed by atoms with Crippen LogP contribution in [0.2, 0.25) is 0 Å². The van der Waals surface area contributed by atoms with Crippen molar-refractivity contribution in [2.45, 2.75) is 6.92 Å². The summed E-state index contributed by atoms with van der Waals surface area (Å²) in [7, 11) is 0. The number of rotatable bonds is 2. The van der Waals surface area contributed by atoms with Crippen LogP contribution < -0.4 is 0 Å². The van der Waals surface area contributed by atoms with Crippen LogP contribution >= 0.6 is 11.3 Å². The van der Waals surface area contributed by atoms with Gasteiger partial charge in [0.25, 0.3) is 0 Å². The second-order valence-corrected chi connectivity index (χ2v) is 11.7. The van der Waals surface area contributed by atoms with E-state index in [-0.39, 0.29) is 0 Å². The first-order valence-corrected chi connectivity index (χ1v) is 14.5. The zero-order valence-electron chi connectivity index (χ0n) is 21.9. The number of benzene rings is 6. The highest BCUT2D eigenvalue weighted by molar-refractivity contribution is 7.26. The third kappa shape index (κ3) is 2.93. The van der Waals surface area contributed by atoms with Crippen LogP contribution in [0.25, 0.3) is 75.2 Å². The standard InChI is InChI=1S/C37H24N2S/c1-23-17-19-27-25-9-2-5-13-31(25)38(35(27)21-23)24-18-20-33-30(22-24)26-10-3-6-14-32(26)39(33)34-15-8-12-29-28-11-4-7-16-36(28)40-37(29)34/h2-22H,1H3. The van der Waals surface area contributed by atoms with Crippen LogP contribution in [-0.4, -0.2) is 9.13 Å². The molecular weight excluding hydrogens is 504 g/mol. The van der Waals surface area contributed by atoms with Gasteiger partial charge in [-0.15, -0.1) is 11.3 Å². The van der Waals surface area contributed by atoms with Crippen molar-refractivity contribution in [1.82, 2.24) is 9.13 Å². The summed E-state index contributed by atoms with van der Waals surface area (Å²) < 4.78 is 7.54. The Hall–Kier alpha value is -4.86. The van der Waals surface area contributed by atoms with Gasteiger partial charge in [-0.3, -0.25) is 0 Å². The molecule has 6 aromatic carbocycles. The van der Waals surface area contributed by atoms with Gasteiger partial charge in [0, 0.05) is 42.7 Å². The summed E-state index contributed by atoms with van der Waals surface area (Å²) in [5.41, 5.74) is 8.65. The Kier molecular flexibility index (Phi) is 4.44. The number of nitrogens with zero attached hydrogens (tertiary/aromatic N) is 2. The molecule has 0 aliphatic heterocycles. The molecule has 3 heteroatoms. The molecule has 0 bridgehead atoms. The van der Waals surface area contributed by atoms with E-state index >= 15 is 0 Å². The average molecular weight is 529 g/mol. The predicted molar refractivity (Wildman–Crippen MR) is 173 cm³/mol. The summed E-state index contributed by atoms with van der Waals surface area (Å²) >= 11 is 1.88.